The lowest BCUT2D eigenvalue weighted by Crippen LogP contribution is -2.38. The molecule has 0 atom stereocenters. The number of likely N-dealkylation sites (tertiary alicyclic amines) is 1. The molecule has 4 rings (SSSR count). The van der Waals surface area contributed by atoms with Crippen LogP contribution in [-0.2, 0) is 0 Å². The van der Waals surface area contributed by atoms with Crippen molar-refractivity contribution < 1.29 is 18.4 Å². The number of benzene rings is 1. The van der Waals surface area contributed by atoms with Gasteiger partial charge in [0.15, 0.2) is 0 Å². The smallest absolute Gasteiger partial charge is 0.261 e. The normalized spacial score (nSPS) is 14.6. The third-order valence-electron chi connectivity index (χ3n) is 5.93. The number of hydrogen-bond donors (Lipinski definition) is 1. The van der Waals surface area contributed by atoms with Gasteiger partial charge in [-0.05, 0) is 54.8 Å². The quantitative estimate of drug-likeness (QED) is 0.507. The van der Waals surface area contributed by atoms with Crippen molar-refractivity contribution in [3.63, 3.8) is 0 Å². The van der Waals surface area contributed by atoms with E-state index in [0.717, 1.165) is 54.3 Å². The Morgan fingerprint density at radius 3 is 2.69 bits per heavy atom. The summed E-state index contributed by atoms with van der Waals surface area (Å²) in [6, 6.07) is 6.86. The third-order valence-corrected chi connectivity index (χ3v) is 7.02. The van der Waals surface area contributed by atoms with Crippen molar-refractivity contribution in [3.8, 4) is 0 Å². The van der Waals surface area contributed by atoms with Gasteiger partial charge < -0.3 is 10.2 Å². The summed E-state index contributed by atoms with van der Waals surface area (Å²) in [7, 11) is 0. The van der Waals surface area contributed by atoms with E-state index < -0.39 is 11.6 Å². The van der Waals surface area contributed by atoms with Crippen molar-refractivity contribution in [1.29, 1.82) is 0 Å². The molecule has 3 heterocycles. The molecular weight excluding hydrogens is 432 g/mol. The zero-order valence-corrected chi connectivity index (χ0v) is 18.5. The minimum Gasteiger partial charge on any atom is -0.351 e. The number of carbonyl (C=O) groups is 2. The lowest BCUT2D eigenvalue weighted by atomic mass is 9.91. The van der Waals surface area contributed by atoms with E-state index in [-0.39, 0.29) is 17.4 Å². The summed E-state index contributed by atoms with van der Waals surface area (Å²) in [5, 5.41) is 4.01. The van der Waals surface area contributed by atoms with E-state index in [1.165, 1.54) is 17.4 Å². The summed E-state index contributed by atoms with van der Waals surface area (Å²) in [6.07, 6.45) is 8.18. The second-order valence-corrected chi connectivity index (χ2v) is 9.22. The van der Waals surface area contributed by atoms with Crippen LogP contribution in [-0.4, -0.2) is 41.3 Å². The van der Waals surface area contributed by atoms with Gasteiger partial charge in [0.2, 0.25) is 0 Å². The van der Waals surface area contributed by atoms with Crippen molar-refractivity contribution >= 4 is 33.2 Å². The second kappa shape index (κ2) is 10.2. The van der Waals surface area contributed by atoms with E-state index in [9.17, 15) is 18.4 Å². The van der Waals surface area contributed by atoms with Crippen molar-refractivity contribution in [2.45, 2.75) is 32.1 Å². The molecule has 0 spiro atoms. The first-order chi connectivity index (χ1) is 15.5. The molecule has 2 aromatic heterocycles. The molecule has 3 aromatic rings. The van der Waals surface area contributed by atoms with Gasteiger partial charge in [-0.25, -0.2) is 8.78 Å². The largest absolute Gasteiger partial charge is 0.351 e. The van der Waals surface area contributed by atoms with Crippen molar-refractivity contribution in [2.24, 2.45) is 5.92 Å². The molecule has 1 aliphatic rings. The van der Waals surface area contributed by atoms with Crippen molar-refractivity contribution in [1.82, 2.24) is 15.2 Å². The first kappa shape index (κ1) is 22.3. The van der Waals surface area contributed by atoms with Gasteiger partial charge in [0, 0.05) is 38.1 Å². The molecule has 5 nitrogen and oxygen atoms in total. The van der Waals surface area contributed by atoms with E-state index in [1.54, 1.807) is 17.3 Å². The highest BCUT2D eigenvalue weighted by molar-refractivity contribution is 7.20. The Bertz CT molecular complexity index is 1080. The molecule has 1 saturated heterocycles. The second-order valence-electron chi connectivity index (χ2n) is 8.14. The summed E-state index contributed by atoms with van der Waals surface area (Å²) in [5.41, 5.74) is -0.0736. The first-order valence-corrected chi connectivity index (χ1v) is 11.7. The maximum Gasteiger partial charge on any atom is 0.261 e. The fourth-order valence-electron chi connectivity index (χ4n) is 4.10. The number of hydrogen-bond acceptors (Lipinski definition) is 4. The summed E-state index contributed by atoms with van der Waals surface area (Å²) in [5.74, 6) is -1.41. The summed E-state index contributed by atoms with van der Waals surface area (Å²) in [6.45, 7) is 1.79. The molecule has 0 bridgehead atoms. The third kappa shape index (κ3) is 5.30. The van der Waals surface area contributed by atoms with Gasteiger partial charge in [-0.1, -0.05) is 12.8 Å². The van der Waals surface area contributed by atoms with Crippen molar-refractivity contribution in [3.05, 3.63) is 64.8 Å². The average Bonchev–Trinajstić information content (AvgIpc) is 3.23. The Kier molecular flexibility index (Phi) is 7.09. The van der Waals surface area contributed by atoms with Crippen LogP contribution in [0.15, 0.2) is 42.7 Å². The highest BCUT2D eigenvalue weighted by Gasteiger charge is 2.25. The van der Waals surface area contributed by atoms with Crippen LogP contribution in [0.2, 0.25) is 0 Å². The number of amides is 2. The number of piperidine rings is 1. The van der Waals surface area contributed by atoms with Crippen LogP contribution in [0.4, 0.5) is 8.78 Å². The molecule has 0 radical (unpaired) electrons. The topological polar surface area (TPSA) is 62.3 Å². The van der Waals surface area contributed by atoms with Gasteiger partial charge in [-0.2, -0.15) is 0 Å². The molecule has 1 aromatic carbocycles. The van der Waals surface area contributed by atoms with E-state index in [2.05, 4.69) is 10.3 Å². The predicted molar refractivity (Wildman–Crippen MR) is 121 cm³/mol. The maximum atomic E-state index is 13.9. The Morgan fingerprint density at radius 1 is 1.12 bits per heavy atom. The fourth-order valence-corrected chi connectivity index (χ4v) is 5.05. The van der Waals surface area contributed by atoms with Gasteiger partial charge in [-0.3, -0.25) is 14.6 Å². The number of carbonyl (C=O) groups excluding carboxylic acids is 2. The summed E-state index contributed by atoms with van der Waals surface area (Å²) < 4.78 is 27.9. The minimum atomic E-state index is -0.813. The number of unbranched alkanes of at least 4 members (excludes halogenated alkanes) is 1. The molecule has 168 valence electrons. The average molecular weight is 458 g/mol. The number of aromatic nitrogens is 1. The van der Waals surface area contributed by atoms with E-state index in [4.69, 9.17) is 0 Å². The Balaban J connectivity index is 1.15. The summed E-state index contributed by atoms with van der Waals surface area (Å²) in [4.78, 5) is 31.3. The summed E-state index contributed by atoms with van der Waals surface area (Å²) >= 11 is 1.45. The zero-order chi connectivity index (χ0) is 22.5. The first-order valence-electron chi connectivity index (χ1n) is 10.9. The highest BCUT2D eigenvalue weighted by atomic mass is 32.1. The number of nitrogens with one attached hydrogen (secondary N) is 1. The van der Waals surface area contributed by atoms with Crippen LogP contribution in [0.3, 0.4) is 0 Å². The monoisotopic (exact) mass is 457 g/mol. The lowest BCUT2D eigenvalue weighted by Gasteiger charge is -2.32. The highest BCUT2D eigenvalue weighted by Crippen LogP contribution is 2.25. The van der Waals surface area contributed by atoms with Crippen LogP contribution >= 0.6 is 11.3 Å². The molecule has 0 saturated carbocycles. The lowest BCUT2D eigenvalue weighted by molar-refractivity contribution is 0.0681. The van der Waals surface area contributed by atoms with Crippen LogP contribution in [0.25, 0.3) is 10.1 Å². The molecule has 2 amide bonds. The number of halogens is 2. The molecule has 1 aliphatic heterocycles. The zero-order valence-electron chi connectivity index (χ0n) is 17.7. The van der Waals surface area contributed by atoms with Gasteiger partial charge in [-0.15, -0.1) is 11.3 Å². The molecular formula is C24H25F2N3O2S. The molecule has 0 unspecified atom stereocenters. The molecule has 0 aliphatic carbocycles. The Hall–Kier alpha value is -2.87. The van der Waals surface area contributed by atoms with Gasteiger partial charge in [0.25, 0.3) is 11.8 Å². The fraction of sp³-hybridized carbons (Fsp3) is 0.375. The minimum absolute atomic E-state index is 0.0500. The van der Waals surface area contributed by atoms with Crippen LogP contribution in [0.5, 0.6) is 0 Å². The van der Waals surface area contributed by atoms with E-state index in [0.29, 0.717) is 30.4 Å². The molecule has 1 fully saturated rings. The van der Waals surface area contributed by atoms with Crippen LogP contribution < -0.4 is 5.32 Å². The van der Waals surface area contributed by atoms with Gasteiger partial charge >= 0.3 is 0 Å². The maximum absolute atomic E-state index is 13.9. The number of fused-ring (bicyclic) bond motifs is 1. The number of pyridine rings is 1. The predicted octanol–water partition coefficient (Wildman–Crippen LogP) is 5.03. The number of rotatable bonds is 7. The Labute approximate surface area is 189 Å². The van der Waals surface area contributed by atoms with E-state index in [1.807, 2.05) is 12.1 Å². The van der Waals surface area contributed by atoms with E-state index >= 15 is 0 Å². The molecule has 32 heavy (non-hydrogen) atoms. The van der Waals surface area contributed by atoms with Crippen LogP contribution in [0, 0.1) is 17.6 Å². The number of nitrogens with zero attached hydrogens (tertiary/aromatic N) is 2. The molecule has 8 heteroatoms. The van der Waals surface area contributed by atoms with Gasteiger partial charge in [0.05, 0.1) is 15.1 Å². The molecule has 1 N–H and O–H groups in total. The number of thiophene rings is 1. The van der Waals surface area contributed by atoms with Gasteiger partial charge in [0.1, 0.15) is 11.6 Å². The Morgan fingerprint density at radius 2 is 1.94 bits per heavy atom. The standard InChI is InChI=1S/C24H25F2N3O2S/c25-18-4-5-19(20(26)14-18)24(31)29-11-7-16(8-12-29)3-1-2-9-28-23(30)21-13-17-6-10-27-15-22(17)32-21/h4-6,10,13-16H,1-3,7-9,11-12H2,(H,28,30). The SMILES string of the molecule is O=C(NCCCCC1CCN(C(=O)c2ccc(F)cc2F)CC1)c1cc2ccncc2s1. The van der Waals surface area contributed by atoms with Crippen LogP contribution in [0.1, 0.15) is 52.1 Å². The van der Waals surface area contributed by atoms with Crippen molar-refractivity contribution in [2.75, 3.05) is 19.6 Å².